The van der Waals surface area contributed by atoms with Crippen molar-refractivity contribution in [3.63, 3.8) is 0 Å². The van der Waals surface area contributed by atoms with Crippen LogP contribution >= 0.6 is 27.7 Å². The van der Waals surface area contributed by atoms with Crippen LogP contribution in [0.2, 0.25) is 0 Å². The van der Waals surface area contributed by atoms with Crippen molar-refractivity contribution in [2.24, 2.45) is 0 Å². The summed E-state index contributed by atoms with van der Waals surface area (Å²) in [7, 11) is 0. The van der Waals surface area contributed by atoms with Crippen LogP contribution in [0.1, 0.15) is 30.4 Å². The normalized spacial score (nSPS) is 24.2. The van der Waals surface area contributed by atoms with Gasteiger partial charge >= 0.3 is 0 Å². The second-order valence-electron chi connectivity index (χ2n) is 4.78. The van der Waals surface area contributed by atoms with Gasteiger partial charge in [-0.1, -0.05) is 34.5 Å². The zero-order valence-corrected chi connectivity index (χ0v) is 12.9. The monoisotopic (exact) mass is 313 g/mol. The van der Waals surface area contributed by atoms with Crippen molar-refractivity contribution in [1.29, 1.82) is 0 Å². The Hall–Kier alpha value is 0.01000. The van der Waals surface area contributed by atoms with Gasteiger partial charge in [0.15, 0.2) is 0 Å². The Morgan fingerprint density at radius 1 is 1.41 bits per heavy atom. The van der Waals surface area contributed by atoms with Gasteiger partial charge in [0.25, 0.3) is 0 Å². The molecule has 0 aliphatic heterocycles. The number of nitrogens with one attached hydrogen (secondary N) is 1. The summed E-state index contributed by atoms with van der Waals surface area (Å²) in [6.07, 6.45) is 6.32. The molecule has 94 valence electrons. The minimum Gasteiger partial charge on any atom is -0.309 e. The molecule has 2 unspecified atom stereocenters. The predicted molar refractivity (Wildman–Crippen MR) is 80.7 cm³/mol. The van der Waals surface area contributed by atoms with Gasteiger partial charge in [-0.05, 0) is 43.2 Å². The zero-order chi connectivity index (χ0) is 12.3. The van der Waals surface area contributed by atoms with Crippen molar-refractivity contribution in [1.82, 2.24) is 5.32 Å². The standard InChI is InChI=1S/C14H20BrNS/c1-10-8-11(6-7-12(10)15)9-16-13-4-3-5-14(13)17-2/h6-8,13-14,16H,3-5,9H2,1-2H3. The van der Waals surface area contributed by atoms with E-state index in [1.165, 1.54) is 34.9 Å². The first-order chi connectivity index (χ1) is 8.20. The molecule has 0 heterocycles. The summed E-state index contributed by atoms with van der Waals surface area (Å²) in [5.41, 5.74) is 2.70. The summed E-state index contributed by atoms with van der Waals surface area (Å²) in [6.45, 7) is 3.14. The van der Waals surface area contributed by atoms with Crippen LogP contribution in [0.25, 0.3) is 0 Å². The van der Waals surface area contributed by atoms with Gasteiger partial charge in [-0.25, -0.2) is 0 Å². The first-order valence-electron chi connectivity index (χ1n) is 6.22. The number of thioether (sulfide) groups is 1. The third-order valence-electron chi connectivity index (χ3n) is 3.55. The van der Waals surface area contributed by atoms with Gasteiger partial charge in [-0.2, -0.15) is 11.8 Å². The number of halogens is 1. The van der Waals surface area contributed by atoms with Crippen LogP contribution in [0.5, 0.6) is 0 Å². The third-order valence-corrected chi connectivity index (χ3v) is 5.61. The van der Waals surface area contributed by atoms with Gasteiger partial charge in [-0.3, -0.25) is 0 Å². The van der Waals surface area contributed by atoms with Crippen molar-refractivity contribution in [2.45, 2.75) is 44.0 Å². The molecule has 1 fully saturated rings. The summed E-state index contributed by atoms with van der Waals surface area (Å²) in [5.74, 6) is 0. The third kappa shape index (κ3) is 3.49. The van der Waals surface area contributed by atoms with E-state index < -0.39 is 0 Å². The summed E-state index contributed by atoms with van der Waals surface area (Å²) in [4.78, 5) is 0. The average Bonchev–Trinajstić information content (AvgIpc) is 2.78. The van der Waals surface area contributed by atoms with Gasteiger partial charge < -0.3 is 5.32 Å². The molecule has 0 spiro atoms. The maximum Gasteiger partial charge on any atom is 0.0208 e. The van der Waals surface area contributed by atoms with Crippen LogP contribution in [-0.2, 0) is 6.54 Å². The number of hydrogen-bond donors (Lipinski definition) is 1. The van der Waals surface area contributed by atoms with Gasteiger partial charge in [0.1, 0.15) is 0 Å². The number of benzene rings is 1. The molecule has 0 amide bonds. The molecule has 1 nitrogen and oxygen atoms in total. The quantitative estimate of drug-likeness (QED) is 0.897. The van der Waals surface area contributed by atoms with Crippen molar-refractivity contribution < 1.29 is 0 Å². The lowest BCUT2D eigenvalue weighted by atomic mass is 10.1. The first kappa shape index (κ1) is 13.4. The molecule has 2 atom stereocenters. The van der Waals surface area contributed by atoms with Crippen LogP contribution < -0.4 is 5.32 Å². The van der Waals surface area contributed by atoms with E-state index in [2.05, 4.69) is 52.6 Å². The summed E-state index contributed by atoms with van der Waals surface area (Å²) < 4.78 is 1.20. The molecular formula is C14H20BrNS. The van der Waals surface area contributed by atoms with Crippen molar-refractivity contribution >= 4 is 27.7 Å². The Bertz CT molecular complexity index is 380. The Labute approximate surface area is 117 Å². The van der Waals surface area contributed by atoms with E-state index in [0.29, 0.717) is 6.04 Å². The fourth-order valence-electron chi connectivity index (χ4n) is 2.51. The minimum atomic E-state index is 0.703. The van der Waals surface area contributed by atoms with E-state index in [1.807, 2.05) is 11.8 Å². The molecule has 17 heavy (non-hydrogen) atoms. The Morgan fingerprint density at radius 3 is 2.94 bits per heavy atom. The molecule has 1 aliphatic rings. The van der Waals surface area contributed by atoms with E-state index >= 15 is 0 Å². The highest BCUT2D eigenvalue weighted by Gasteiger charge is 2.25. The maximum atomic E-state index is 3.71. The molecule has 3 heteroatoms. The Kier molecular flexibility index (Phi) is 4.95. The maximum absolute atomic E-state index is 3.71. The number of rotatable bonds is 4. The Balaban J connectivity index is 1.91. The van der Waals surface area contributed by atoms with Crippen LogP contribution in [0.3, 0.4) is 0 Å². The molecule has 1 aromatic rings. The molecule has 0 saturated heterocycles. The lowest BCUT2D eigenvalue weighted by Crippen LogP contribution is -2.33. The second kappa shape index (κ2) is 6.26. The van der Waals surface area contributed by atoms with Crippen molar-refractivity contribution in [3.8, 4) is 0 Å². The first-order valence-corrected chi connectivity index (χ1v) is 8.30. The van der Waals surface area contributed by atoms with E-state index in [0.717, 1.165) is 11.8 Å². The average molecular weight is 314 g/mol. The van der Waals surface area contributed by atoms with E-state index in [4.69, 9.17) is 0 Å². The molecule has 1 N–H and O–H groups in total. The number of aryl methyl sites for hydroxylation is 1. The van der Waals surface area contributed by atoms with Gasteiger partial charge in [0.05, 0.1) is 0 Å². The summed E-state index contributed by atoms with van der Waals surface area (Å²) >= 11 is 5.55. The molecule has 0 aromatic heterocycles. The highest BCUT2D eigenvalue weighted by atomic mass is 79.9. The highest BCUT2D eigenvalue weighted by Crippen LogP contribution is 2.28. The smallest absolute Gasteiger partial charge is 0.0208 e. The fourth-order valence-corrected chi connectivity index (χ4v) is 3.72. The molecule has 1 aromatic carbocycles. The van der Waals surface area contributed by atoms with E-state index in [1.54, 1.807) is 0 Å². The van der Waals surface area contributed by atoms with Crippen LogP contribution in [0.4, 0.5) is 0 Å². The van der Waals surface area contributed by atoms with Crippen LogP contribution in [0, 0.1) is 6.92 Å². The lowest BCUT2D eigenvalue weighted by Gasteiger charge is -2.19. The molecule has 0 bridgehead atoms. The predicted octanol–water partition coefficient (Wildman–Crippen LogP) is 4.13. The topological polar surface area (TPSA) is 12.0 Å². The largest absolute Gasteiger partial charge is 0.309 e. The Morgan fingerprint density at radius 2 is 2.24 bits per heavy atom. The molecule has 2 rings (SSSR count). The SMILES string of the molecule is CSC1CCCC1NCc1ccc(Br)c(C)c1. The molecular weight excluding hydrogens is 294 g/mol. The highest BCUT2D eigenvalue weighted by molar-refractivity contribution is 9.10. The van der Waals surface area contributed by atoms with Gasteiger partial charge in [0, 0.05) is 22.3 Å². The fraction of sp³-hybridized carbons (Fsp3) is 0.571. The van der Waals surface area contributed by atoms with Crippen molar-refractivity contribution in [3.05, 3.63) is 33.8 Å². The molecule has 1 aliphatic carbocycles. The van der Waals surface area contributed by atoms with Gasteiger partial charge in [0.2, 0.25) is 0 Å². The van der Waals surface area contributed by atoms with Gasteiger partial charge in [-0.15, -0.1) is 0 Å². The zero-order valence-electron chi connectivity index (χ0n) is 10.5. The number of hydrogen-bond acceptors (Lipinski definition) is 2. The molecule has 1 saturated carbocycles. The van der Waals surface area contributed by atoms with E-state index in [9.17, 15) is 0 Å². The van der Waals surface area contributed by atoms with Crippen LogP contribution in [0.15, 0.2) is 22.7 Å². The second-order valence-corrected chi connectivity index (χ2v) is 6.71. The molecule has 0 radical (unpaired) electrons. The minimum absolute atomic E-state index is 0.703. The van der Waals surface area contributed by atoms with Crippen LogP contribution in [-0.4, -0.2) is 17.5 Å². The lowest BCUT2D eigenvalue weighted by molar-refractivity contribution is 0.532. The summed E-state index contributed by atoms with van der Waals surface area (Å²) in [6, 6.07) is 7.31. The summed E-state index contributed by atoms with van der Waals surface area (Å²) in [5, 5.41) is 4.52. The van der Waals surface area contributed by atoms with E-state index in [-0.39, 0.29) is 0 Å². The van der Waals surface area contributed by atoms with Crippen molar-refractivity contribution in [2.75, 3.05) is 6.26 Å².